The predicted molar refractivity (Wildman–Crippen MR) is 118 cm³/mol. The Balaban J connectivity index is 1.59. The van der Waals surface area contributed by atoms with Crippen LogP contribution >= 0.6 is 0 Å². The van der Waals surface area contributed by atoms with Gasteiger partial charge in [-0.15, -0.1) is 0 Å². The molecule has 152 valence electrons. The molecule has 0 spiro atoms. The van der Waals surface area contributed by atoms with Crippen molar-refractivity contribution in [3.63, 3.8) is 0 Å². The van der Waals surface area contributed by atoms with E-state index in [1.165, 1.54) is 0 Å². The zero-order valence-corrected chi connectivity index (χ0v) is 16.8. The lowest BCUT2D eigenvalue weighted by Crippen LogP contribution is -2.52. The maximum absolute atomic E-state index is 13.4. The van der Waals surface area contributed by atoms with Crippen LogP contribution in [0.15, 0.2) is 84.9 Å². The SMILES string of the molecule is NC(=O)[C@@H]1Cc2ccccc2CN1CC(=O)N(Cc1ccccc1)c1ccccc1. The van der Waals surface area contributed by atoms with Crippen LogP contribution in [0.3, 0.4) is 0 Å². The van der Waals surface area contributed by atoms with Gasteiger partial charge >= 0.3 is 0 Å². The molecule has 1 atom stereocenters. The number of nitrogens with two attached hydrogens (primary N) is 1. The third-order valence-corrected chi connectivity index (χ3v) is 5.57. The van der Waals surface area contributed by atoms with E-state index in [0.717, 1.165) is 22.4 Å². The largest absolute Gasteiger partial charge is 0.368 e. The van der Waals surface area contributed by atoms with Gasteiger partial charge in [-0.3, -0.25) is 14.5 Å². The Morgan fingerprint density at radius 1 is 0.867 bits per heavy atom. The quantitative estimate of drug-likeness (QED) is 0.693. The van der Waals surface area contributed by atoms with Gasteiger partial charge < -0.3 is 10.6 Å². The number of anilines is 1. The molecule has 0 bridgehead atoms. The van der Waals surface area contributed by atoms with Crippen LogP contribution in [0.1, 0.15) is 16.7 Å². The topological polar surface area (TPSA) is 66.6 Å². The van der Waals surface area contributed by atoms with Crippen LogP contribution in [0.5, 0.6) is 0 Å². The Bertz CT molecular complexity index is 1020. The second-order valence-corrected chi connectivity index (χ2v) is 7.60. The van der Waals surface area contributed by atoms with E-state index < -0.39 is 11.9 Å². The van der Waals surface area contributed by atoms with Gasteiger partial charge in [0.05, 0.1) is 19.1 Å². The second-order valence-electron chi connectivity index (χ2n) is 7.60. The van der Waals surface area contributed by atoms with Crippen molar-refractivity contribution in [2.75, 3.05) is 11.4 Å². The zero-order chi connectivity index (χ0) is 20.9. The summed E-state index contributed by atoms with van der Waals surface area (Å²) in [4.78, 5) is 29.2. The molecule has 1 heterocycles. The fourth-order valence-electron chi connectivity index (χ4n) is 3.98. The van der Waals surface area contributed by atoms with E-state index in [-0.39, 0.29) is 12.5 Å². The van der Waals surface area contributed by atoms with E-state index in [2.05, 4.69) is 0 Å². The number of primary amides is 1. The minimum Gasteiger partial charge on any atom is -0.368 e. The summed E-state index contributed by atoms with van der Waals surface area (Å²) in [7, 11) is 0. The lowest BCUT2D eigenvalue weighted by molar-refractivity contribution is -0.126. The number of fused-ring (bicyclic) bond motifs is 1. The fourth-order valence-corrected chi connectivity index (χ4v) is 3.98. The average Bonchev–Trinajstić information content (AvgIpc) is 2.78. The third kappa shape index (κ3) is 4.42. The molecule has 3 aromatic rings. The number of benzene rings is 3. The predicted octanol–water partition coefficient (Wildman–Crippen LogP) is 3.13. The summed E-state index contributed by atoms with van der Waals surface area (Å²) >= 11 is 0. The molecule has 0 saturated carbocycles. The molecule has 0 radical (unpaired) electrons. The number of carbonyl (C=O) groups is 2. The number of nitrogens with zero attached hydrogens (tertiary/aromatic N) is 2. The van der Waals surface area contributed by atoms with Crippen molar-refractivity contribution in [2.24, 2.45) is 5.73 Å². The lowest BCUT2D eigenvalue weighted by atomic mass is 9.93. The van der Waals surface area contributed by atoms with Gasteiger partial charge in [0.2, 0.25) is 11.8 Å². The zero-order valence-electron chi connectivity index (χ0n) is 16.8. The highest BCUT2D eigenvalue weighted by Crippen LogP contribution is 2.24. The molecule has 5 nitrogen and oxygen atoms in total. The van der Waals surface area contributed by atoms with Gasteiger partial charge in [0.15, 0.2) is 0 Å². The summed E-state index contributed by atoms with van der Waals surface area (Å²) in [6, 6.07) is 27.1. The minimum atomic E-state index is -0.488. The highest BCUT2D eigenvalue weighted by atomic mass is 16.2. The van der Waals surface area contributed by atoms with Gasteiger partial charge in [0.1, 0.15) is 0 Å². The summed E-state index contributed by atoms with van der Waals surface area (Å²) in [5, 5.41) is 0. The molecule has 0 unspecified atom stereocenters. The molecule has 2 amide bonds. The molecule has 5 heteroatoms. The molecular formula is C25H25N3O2. The molecule has 4 rings (SSSR count). The molecule has 0 saturated heterocycles. The average molecular weight is 399 g/mol. The summed E-state index contributed by atoms with van der Waals surface area (Å²) in [5.74, 6) is -0.456. The Labute approximate surface area is 176 Å². The van der Waals surface area contributed by atoms with Gasteiger partial charge in [-0.05, 0) is 35.2 Å². The first-order chi connectivity index (χ1) is 14.6. The molecule has 1 aliphatic heterocycles. The Kier molecular flexibility index (Phi) is 5.91. The summed E-state index contributed by atoms with van der Waals surface area (Å²) in [6.45, 7) is 1.13. The Hall–Kier alpha value is -3.44. The van der Waals surface area contributed by atoms with E-state index >= 15 is 0 Å². The minimum absolute atomic E-state index is 0.0596. The van der Waals surface area contributed by atoms with Crippen LogP contribution in [-0.2, 0) is 29.1 Å². The summed E-state index contributed by atoms with van der Waals surface area (Å²) < 4.78 is 0. The van der Waals surface area contributed by atoms with Gasteiger partial charge in [0, 0.05) is 12.2 Å². The molecule has 2 N–H and O–H groups in total. The van der Waals surface area contributed by atoms with Crippen LogP contribution < -0.4 is 10.6 Å². The van der Waals surface area contributed by atoms with Crippen molar-refractivity contribution in [1.82, 2.24) is 4.90 Å². The maximum Gasteiger partial charge on any atom is 0.241 e. The molecule has 0 aromatic heterocycles. The number of carbonyl (C=O) groups excluding carboxylic acids is 2. The first-order valence-corrected chi connectivity index (χ1v) is 10.1. The molecule has 0 fully saturated rings. The lowest BCUT2D eigenvalue weighted by Gasteiger charge is -2.36. The van der Waals surface area contributed by atoms with Crippen molar-refractivity contribution in [1.29, 1.82) is 0 Å². The highest BCUT2D eigenvalue weighted by molar-refractivity contribution is 5.95. The van der Waals surface area contributed by atoms with Crippen molar-refractivity contribution < 1.29 is 9.59 Å². The van der Waals surface area contributed by atoms with Crippen LogP contribution in [0.25, 0.3) is 0 Å². The second kappa shape index (κ2) is 8.93. The normalized spacial score (nSPS) is 15.9. The fraction of sp³-hybridized carbons (Fsp3) is 0.200. The van der Waals surface area contributed by atoms with E-state index in [1.807, 2.05) is 89.8 Å². The van der Waals surface area contributed by atoms with Crippen molar-refractivity contribution in [3.8, 4) is 0 Å². The smallest absolute Gasteiger partial charge is 0.241 e. The van der Waals surface area contributed by atoms with Crippen LogP contribution in [0.4, 0.5) is 5.69 Å². The highest BCUT2D eigenvalue weighted by Gasteiger charge is 2.32. The molecule has 1 aliphatic rings. The van der Waals surface area contributed by atoms with Crippen molar-refractivity contribution >= 4 is 17.5 Å². The Morgan fingerprint density at radius 2 is 1.47 bits per heavy atom. The summed E-state index contributed by atoms with van der Waals surface area (Å²) in [6.07, 6.45) is 0.531. The number of amides is 2. The Morgan fingerprint density at radius 3 is 2.13 bits per heavy atom. The molecule has 0 aliphatic carbocycles. The monoisotopic (exact) mass is 399 g/mol. The van der Waals surface area contributed by atoms with Crippen molar-refractivity contribution in [3.05, 3.63) is 102 Å². The van der Waals surface area contributed by atoms with E-state index in [1.54, 1.807) is 4.90 Å². The number of hydrogen-bond donors (Lipinski definition) is 1. The number of para-hydroxylation sites is 1. The van der Waals surface area contributed by atoms with E-state index in [0.29, 0.717) is 19.5 Å². The van der Waals surface area contributed by atoms with E-state index in [4.69, 9.17) is 5.73 Å². The van der Waals surface area contributed by atoms with Crippen molar-refractivity contribution in [2.45, 2.75) is 25.6 Å². The number of hydrogen-bond acceptors (Lipinski definition) is 3. The summed E-state index contributed by atoms with van der Waals surface area (Å²) in [5.41, 5.74) is 9.83. The molecule has 30 heavy (non-hydrogen) atoms. The van der Waals surface area contributed by atoms with Crippen LogP contribution in [0.2, 0.25) is 0 Å². The molecular weight excluding hydrogens is 374 g/mol. The first kappa shape index (κ1) is 19.9. The van der Waals surface area contributed by atoms with E-state index in [9.17, 15) is 9.59 Å². The van der Waals surface area contributed by atoms with Gasteiger partial charge in [-0.1, -0.05) is 72.8 Å². The standard InChI is InChI=1S/C25H25N3O2/c26-25(30)23-15-20-11-7-8-12-21(20)17-27(23)18-24(29)28(22-13-5-2-6-14-22)16-19-9-3-1-4-10-19/h1-14,23H,15-18H2,(H2,26,30)/t23-/m0/s1. The van der Waals surface area contributed by atoms with Gasteiger partial charge in [0.25, 0.3) is 0 Å². The van der Waals surface area contributed by atoms with Gasteiger partial charge in [-0.2, -0.15) is 0 Å². The van der Waals surface area contributed by atoms with Gasteiger partial charge in [-0.25, -0.2) is 0 Å². The maximum atomic E-state index is 13.4. The third-order valence-electron chi connectivity index (χ3n) is 5.57. The van der Waals surface area contributed by atoms with Crippen LogP contribution in [-0.4, -0.2) is 29.3 Å². The van der Waals surface area contributed by atoms with Crippen LogP contribution in [0, 0.1) is 0 Å². The molecule has 3 aromatic carbocycles. The first-order valence-electron chi connectivity index (χ1n) is 10.1. The number of rotatable bonds is 6.